The van der Waals surface area contributed by atoms with Crippen LogP contribution in [0.25, 0.3) is 0 Å². The molecule has 1 N–H and O–H groups in total. The highest BCUT2D eigenvalue weighted by Gasteiger charge is 2.60. The Labute approximate surface area is 167 Å². The van der Waals surface area contributed by atoms with Gasteiger partial charge in [-0.2, -0.15) is 0 Å². The molecule has 0 aromatic heterocycles. The first kappa shape index (κ1) is 19.1. The molecule has 0 bridgehead atoms. The summed E-state index contributed by atoms with van der Waals surface area (Å²) in [6, 6.07) is 0. The van der Waals surface area contributed by atoms with E-state index in [4.69, 9.17) is 19.9 Å². The SMILES string of the molecule is COC(C)/C=C(/C)OCC1=C(/N=C2\C=CC=CC2=N)C1(C)C1=CC2C1C[C@@H]2C. The molecule has 4 unspecified atom stereocenters. The molecular formula is C24H30N2O2. The molecule has 148 valence electrons. The fourth-order valence-electron chi connectivity index (χ4n) is 4.73. The van der Waals surface area contributed by atoms with Crippen molar-refractivity contribution in [2.75, 3.05) is 13.7 Å². The molecule has 0 aliphatic heterocycles. The number of methoxy groups -OCH3 is 1. The van der Waals surface area contributed by atoms with Crippen LogP contribution in [-0.4, -0.2) is 31.2 Å². The molecule has 0 aromatic carbocycles. The number of rotatable bonds is 7. The molecule has 0 spiro atoms. The Morgan fingerprint density at radius 2 is 2.14 bits per heavy atom. The second-order valence-electron chi connectivity index (χ2n) is 8.61. The van der Waals surface area contributed by atoms with E-state index in [0.717, 1.165) is 29.0 Å². The van der Waals surface area contributed by atoms with E-state index >= 15 is 0 Å². The van der Waals surface area contributed by atoms with Gasteiger partial charge in [0.15, 0.2) is 0 Å². The van der Waals surface area contributed by atoms with Gasteiger partial charge in [-0.25, -0.2) is 4.99 Å². The number of fused-ring (bicyclic) bond motifs is 1. The van der Waals surface area contributed by atoms with Gasteiger partial charge in [0.2, 0.25) is 0 Å². The van der Waals surface area contributed by atoms with Gasteiger partial charge in [0, 0.05) is 12.7 Å². The molecule has 5 atom stereocenters. The van der Waals surface area contributed by atoms with Gasteiger partial charge in [-0.05, 0) is 63.2 Å². The molecule has 4 aliphatic rings. The Kier molecular flexibility index (Phi) is 4.78. The van der Waals surface area contributed by atoms with Crippen molar-refractivity contribution in [1.29, 1.82) is 5.41 Å². The molecule has 1 fully saturated rings. The Hall–Kier alpha value is -2.20. The smallest absolute Gasteiger partial charge is 0.112 e. The molecule has 0 radical (unpaired) electrons. The maximum atomic E-state index is 8.15. The van der Waals surface area contributed by atoms with Gasteiger partial charge in [-0.15, -0.1) is 0 Å². The maximum absolute atomic E-state index is 8.15. The van der Waals surface area contributed by atoms with Crippen molar-refractivity contribution in [2.45, 2.75) is 40.2 Å². The number of hydrogen-bond acceptors (Lipinski definition) is 4. The maximum Gasteiger partial charge on any atom is 0.112 e. The zero-order chi connectivity index (χ0) is 20.1. The van der Waals surface area contributed by atoms with Gasteiger partial charge < -0.3 is 9.47 Å². The van der Waals surface area contributed by atoms with Crippen LogP contribution in [0.4, 0.5) is 0 Å². The van der Waals surface area contributed by atoms with E-state index in [1.807, 2.05) is 38.2 Å². The lowest BCUT2D eigenvalue weighted by Gasteiger charge is -2.53. The molecule has 1 saturated carbocycles. The normalized spacial score (nSPS) is 36.0. The zero-order valence-electron chi connectivity index (χ0n) is 17.5. The summed E-state index contributed by atoms with van der Waals surface area (Å²) < 4.78 is 11.3. The largest absolute Gasteiger partial charge is 0.494 e. The van der Waals surface area contributed by atoms with Crippen LogP contribution in [0.5, 0.6) is 0 Å². The first-order chi connectivity index (χ1) is 13.4. The van der Waals surface area contributed by atoms with Crippen molar-refractivity contribution < 1.29 is 9.47 Å². The fourth-order valence-corrected chi connectivity index (χ4v) is 4.73. The van der Waals surface area contributed by atoms with Crippen LogP contribution in [0.1, 0.15) is 34.1 Å². The number of nitrogens with one attached hydrogen (secondary N) is 1. The van der Waals surface area contributed by atoms with E-state index in [9.17, 15) is 0 Å². The third-order valence-electron chi connectivity index (χ3n) is 6.82. The van der Waals surface area contributed by atoms with Crippen LogP contribution in [0.2, 0.25) is 0 Å². The lowest BCUT2D eigenvalue weighted by Crippen LogP contribution is -2.44. The Morgan fingerprint density at radius 1 is 1.39 bits per heavy atom. The summed E-state index contributed by atoms with van der Waals surface area (Å²) in [5.74, 6) is 3.14. The van der Waals surface area contributed by atoms with Crippen LogP contribution >= 0.6 is 0 Å². The molecule has 4 rings (SSSR count). The molecule has 0 amide bonds. The molecule has 0 aromatic rings. The van der Waals surface area contributed by atoms with Crippen LogP contribution in [0, 0.1) is 28.6 Å². The van der Waals surface area contributed by atoms with E-state index in [2.05, 4.69) is 19.9 Å². The van der Waals surface area contributed by atoms with Crippen LogP contribution in [-0.2, 0) is 9.47 Å². The van der Waals surface area contributed by atoms with Crippen molar-refractivity contribution in [3.05, 3.63) is 59.1 Å². The van der Waals surface area contributed by atoms with Crippen molar-refractivity contribution in [3.8, 4) is 0 Å². The minimum Gasteiger partial charge on any atom is -0.494 e. The summed E-state index contributed by atoms with van der Waals surface area (Å²) in [5.41, 5.74) is 4.95. The molecular weight excluding hydrogens is 348 g/mol. The molecule has 28 heavy (non-hydrogen) atoms. The number of nitrogens with zero attached hydrogens (tertiary/aromatic N) is 1. The summed E-state index contributed by atoms with van der Waals surface area (Å²) in [6.07, 6.45) is 13.3. The molecule has 4 aliphatic carbocycles. The minimum atomic E-state index is -0.100. The highest BCUT2D eigenvalue weighted by Crippen LogP contribution is 2.68. The number of aliphatic imine (C=N–C) groups is 1. The van der Waals surface area contributed by atoms with Gasteiger partial charge in [-0.1, -0.05) is 30.7 Å². The Morgan fingerprint density at radius 3 is 2.75 bits per heavy atom. The quantitative estimate of drug-likeness (QED) is 0.384. The molecule has 0 heterocycles. The van der Waals surface area contributed by atoms with Gasteiger partial charge in [0.1, 0.15) is 6.61 Å². The summed E-state index contributed by atoms with van der Waals surface area (Å²) in [5, 5.41) is 8.15. The minimum absolute atomic E-state index is 0.0329. The van der Waals surface area contributed by atoms with Crippen molar-refractivity contribution in [1.82, 2.24) is 0 Å². The average molecular weight is 379 g/mol. The third kappa shape index (κ3) is 3.04. The number of allylic oxidation sites excluding steroid dienone is 7. The average Bonchev–Trinajstić information content (AvgIpc) is 3.22. The first-order valence-electron chi connectivity index (χ1n) is 10.2. The van der Waals surface area contributed by atoms with Gasteiger partial charge >= 0.3 is 0 Å². The monoisotopic (exact) mass is 378 g/mol. The lowest BCUT2D eigenvalue weighted by molar-refractivity contribution is 0.111. The molecule has 4 nitrogen and oxygen atoms in total. The molecule has 4 heteroatoms. The fraction of sp³-hybridized carbons (Fsp3) is 0.500. The zero-order valence-corrected chi connectivity index (χ0v) is 17.5. The van der Waals surface area contributed by atoms with Gasteiger partial charge in [0.05, 0.1) is 34.4 Å². The predicted molar refractivity (Wildman–Crippen MR) is 114 cm³/mol. The summed E-state index contributed by atoms with van der Waals surface area (Å²) in [7, 11) is 1.70. The van der Waals surface area contributed by atoms with E-state index in [1.54, 1.807) is 13.2 Å². The van der Waals surface area contributed by atoms with Crippen molar-refractivity contribution >= 4 is 11.4 Å². The van der Waals surface area contributed by atoms with Crippen LogP contribution < -0.4 is 0 Å². The van der Waals surface area contributed by atoms with E-state index in [-0.39, 0.29) is 11.5 Å². The predicted octanol–water partition coefficient (Wildman–Crippen LogP) is 5.01. The van der Waals surface area contributed by atoms with E-state index < -0.39 is 0 Å². The summed E-state index contributed by atoms with van der Waals surface area (Å²) >= 11 is 0. The van der Waals surface area contributed by atoms with Crippen molar-refractivity contribution in [2.24, 2.45) is 28.2 Å². The van der Waals surface area contributed by atoms with Crippen molar-refractivity contribution in [3.63, 3.8) is 0 Å². The standard InChI is InChI=1S/C24H30N2O2/c1-14-10-18-17(14)12-19(18)24(4)20(13-28-16(3)11-15(2)27-5)23(24)26-22-9-7-6-8-21(22)25/h6-9,11-12,14-15,17-18,25H,10,13H2,1-5H3/b16-11-,25-21?,26-22+/t14-,15?,17?,18?,24?/m0/s1. The second-order valence-corrected chi connectivity index (χ2v) is 8.61. The van der Waals surface area contributed by atoms with E-state index in [1.165, 1.54) is 17.6 Å². The van der Waals surface area contributed by atoms with E-state index in [0.29, 0.717) is 18.2 Å². The summed E-state index contributed by atoms with van der Waals surface area (Å²) in [4.78, 5) is 4.89. The first-order valence-corrected chi connectivity index (χ1v) is 10.2. The van der Waals surface area contributed by atoms with Crippen LogP contribution in [0.15, 0.2) is 64.1 Å². The second kappa shape index (κ2) is 7.00. The Bertz CT molecular complexity index is 886. The third-order valence-corrected chi connectivity index (χ3v) is 6.82. The van der Waals surface area contributed by atoms with Gasteiger partial charge in [0.25, 0.3) is 0 Å². The van der Waals surface area contributed by atoms with Crippen LogP contribution in [0.3, 0.4) is 0 Å². The topological polar surface area (TPSA) is 54.7 Å². The Balaban J connectivity index is 1.56. The number of hydrogen-bond donors (Lipinski definition) is 1. The highest BCUT2D eigenvalue weighted by atomic mass is 16.5. The van der Waals surface area contributed by atoms with Gasteiger partial charge in [-0.3, -0.25) is 5.41 Å². The summed E-state index contributed by atoms with van der Waals surface area (Å²) in [6.45, 7) is 9.12. The number of ether oxygens (including phenoxy) is 2. The molecule has 0 saturated heterocycles. The lowest BCUT2D eigenvalue weighted by atomic mass is 9.51. The highest BCUT2D eigenvalue weighted by molar-refractivity contribution is 6.50.